The van der Waals surface area contributed by atoms with Crippen molar-refractivity contribution in [3.05, 3.63) is 83.9 Å². The summed E-state index contributed by atoms with van der Waals surface area (Å²) in [5.74, 6) is -0.201. The molecule has 1 aromatic heterocycles. The van der Waals surface area contributed by atoms with E-state index in [9.17, 15) is 14.7 Å². The lowest BCUT2D eigenvalue weighted by atomic mass is 9.94. The highest BCUT2D eigenvalue weighted by Gasteiger charge is 2.35. The maximum atomic E-state index is 13.9. The van der Waals surface area contributed by atoms with Crippen LogP contribution in [0.15, 0.2) is 67.1 Å². The second kappa shape index (κ2) is 11.8. The third-order valence-corrected chi connectivity index (χ3v) is 7.02. The molecule has 7 nitrogen and oxygen atoms in total. The van der Waals surface area contributed by atoms with E-state index < -0.39 is 11.9 Å². The minimum atomic E-state index is -0.948. The van der Waals surface area contributed by atoms with E-state index in [2.05, 4.69) is 29.1 Å². The molecule has 0 bridgehead atoms. The van der Waals surface area contributed by atoms with E-state index >= 15 is 0 Å². The molecule has 3 aromatic rings. The Labute approximate surface area is 212 Å². The summed E-state index contributed by atoms with van der Waals surface area (Å²) in [5, 5.41) is 13.1. The van der Waals surface area contributed by atoms with Gasteiger partial charge in [-0.15, -0.1) is 0 Å². The van der Waals surface area contributed by atoms with Crippen LogP contribution in [-0.2, 0) is 4.79 Å². The molecule has 1 aliphatic rings. The van der Waals surface area contributed by atoms with Gasteiger partial charge in [0.25, 0.3) is 5.91 Å². The molecule has 2 atom stereocenters. The van der Waals surface area contributed by atoms with Crippen molar-refractivity contribution < 1.29 is 14.7 Å². The van der Waals surface area contributed by atoms with Gasteiger partial charge in [-0.3, -0.25) is 19.5 Å². The minimum Gasteiger partial charge on any atom is -0.508 e. The molecule has 0 aliphatic heterocycles. The molecule has 2 amide bonds. The Morgan fingerprint density at radius 1 is 1.00 bits per heavy atom. The summed E-state index contributed by atoms with van der Waals surface area (Å²) in [5.41, 5.74) is 2.51. The molecule has 188 valence electrons. The van der Waals surface area contributed by atoms with Crippen molar-refractivity contribution in [3.63, 3.8) is 0 Å². The Morgan fingerprint density at radius 2 is 1.67 bits per heavy atom. The fraction of sp³-hybridized carbons (Fsp3) is 0.379. The molecule has 2 N–H and O–H groups in total. The lowest BCUT2D eigenvalue weighted by Gasteiger charge is -2.33. The van der Waals surface area contributed by atoms with Crippen molar-refractivity contribution in [2.75, 3.05) is 4.90 Å². The number of carbonyl (C=O) groups is 2. The van der Waals surface area contributed by atoms with Gasteiger partial charge in [0.2, 0.25) is 5.91 Å². The van der Waals surface area contributed by atoms with E-state index in [1.54, 1.807) is 12.1 Å². The van der Waals surface area contributed by atoms with Crippen molar-refractivity contribution in [1.82, 2.24) is 15.3 Å². The number of hydrogen-bond acceptors (Lipinski definition) is 5. The van der Waals surface area contributed by atoms with Crippen LogP contribution in [0.25, 0.3) is 0 Å². The van der Waals surface area contributed by atoms with Crippen LogP contribution in [0.2, 0.25) is 0 Å². The average molecular weight is 487 g/mol. The van der Waals surface area contributed by atoms with Gasteiger partial charge in [-0.1, -0.05) is 57.4 Å². The highest BCUT2D eigenvalue weighted by molar-refractivity contribution is 6.09. The van der Waals surface area contributed by atoms with Crippen LogP contribution in [0.3, 0.4) is 0 Å². The largest absolute Gasteiger partial charge is 0.508 e. The molecule has 36 heavy (non-hydrogen) atoms. The normalized spacial score (nSPS) is 15.6. The second-order valence-electron chi connectivity index (χ2n) is 9.50. The van der Waals surface area contributed by atoms with Gasteiger partial charge in [0.05, 0.1) is 6.20 Å². The number of benzene rings is 2. The molecule has 1 saturated carbocycles. The smallest absolute Gasteiger partial charge is 0.279 e. The molecule has 2 unspecified atom stereocenters. The first-order valence-corrected chi connectivity index (χ1v) is 12.8. The van der Waals surface area contributed by atoms with Gasteiger partial charge in [-0.05, 0) is 60.6 Å². The molecule has 7 heteroatoms. The standard InChI is InChI=1S/C29H34N4O3/c1-3-20(2)21-9-13-24(14-10-21)33(29(36)26-19-30-17-18-31-26)27(22-11-15-25(34)16-12-22)28(35)32-23-7-5-4-6-8-23/h9-20,23,27,34H,3-8H2,1-2H3,(H,32,35). The van der Waals surface area contributed by atoms with Crippen LogP contribution >= 0.6 is 0 Å². The maximum Gasteiger partial charge on any atom is 0.279 e. The molecule has 1 heterocycles. The van der Waals surface area contributed by atoms with E-state index in [0.717, 1.165) is 32.1 Å². The second-order valence-corrected chi connectivity index (χ2v) is 9.50. The maximum absolute atomic E-state index is 13.9. The quantitative estimate of drug-likeness (QED) is 0.436. The zero-order valence-corrected chi connectivity index (χ0v) is 20.9. The molecule has 0 radical (unpaired) electrons. The first-order chi connectivity index (χ1) is 17.5. The highest BCUT2D eigenvalue weighted by atomic mass is 16.3. The molecule has 1 aliphatic carbocycles. The van der Waals surface area contributed by atoms with Crippen LogP contribution in [0.5, 0.6) is 5.75 Å². The topological polar surface area (TPSA) is 95.4 Å². The number of carbonyl (C=O) groups excluding carboxylic acids is 2. The van der Waals surface area contributed by atoms with Crippen LogP contribution < -0.4 is 10.2 Å². The first-order valence-electron chi connectivity index (χ1n) is 12.8. The third kappa shape index (κ3) is 5.90. The SMILES string of the molecule is CCC(C)c1ccc(N(C(=O)c2cnccn2)C(C(=O)NC2CCCCC2)c2ccc(O)cc2)cc1. The van der Waals surface area contributed by atoms with Crippen molar-refractivity contribution in [2.24, 2.45) is 0 Å². The Hall–Kier alpha value is -3.74. The number of phenols is 1. The van der Waals surface area contributed by atoms with E-state index in [1.165, 1.54) is 47.6 Å². The summed E-state index contributed by atoms with van der Waals surface area (Å²) in [7, 11) is 0. The number of hydrogen-bond donors (Lipinski definition) is 2. The monoisotopic (exact) mass is 486 g/mol. The lowest BCUT2D eigenvalue weighted by Crippen LogP contribution is -2.47. The van der Waals surface area contributed by atoms with Gasteiger partial charge in [0.15, 0.2) is 0 Å². The summed E-state index contributed by atoms with van der Waals surface area (Å²) in [4.78, 5) is 37.5. The van der Waals surface area contributed by atoms with Crippen LogP contribution in [0.1, 0.15) is 85.9 Å². The Morgan fingerprint density at radius 3 is 2.28 bits per heavy atom. The molecule has 2 aromatic carbocycles. The molecule has 0 saturated heterocycles. The molecule has 0 spiro atoms. The van der Waals surface area contributed by atoms with E-state index in [4.69, 9.17) is 0 Å². The fourth-order valence-corrected chi connectivity index (χ4v) is 4.72. The molecule has 4 rings (SSSR count). The minimum absolute atomic E-state index is 0.0760. The van der Waals surface area contributed by atoms with Crippen molar-refractivity contribution in [3.8, 4) is 5.75 Å². The highest BCUT2D eigenvalue weighted by Crippen LogP contribution is 2.32. The molecule has 1 fully saturated rings. The summed E-state index contributed by atoms with van der Waals surface area (Å²) in [6.07, 6.45) is 10.6. The van der Waals surface area contributed by atoms with E-state index in [0.29, 0.717) is 17.2 Å². The lowest BCUT2D eigenvalue weighted by molar-refractivity contribution is -0.123. The number of aromatic nitrogens is 2. The van der Waals surface area contributed by atoms with Crippen LogP contribution in [-0.4, -0.2) is 32.9 Å². The molecular formula is C29H34N4O3. The Kier molecular flexibility index (Phi) is 8.31. The number of anilines is 1. The third-order valence-electron chi connectivity index (χ3n) is 7.02. The van der Waals surface area contributed by atoms with Crippen molar-refractivity contribution >= 4 is 17.5 Å². The van der Waals surface area contributed by atoms with Gasteiger partial charge in [-0.25, -0.2) is 4.98 Å². The number of aromatic hydroxyl groups is 1. The van der Waals surface area contributed by atoms with Gasteiger partial charge in [0, 0.05) is 24.1 Å². The van der Waals surface area contributed by atoms with Crippen molar-refractivity contribution in [1.29, 1.82) is 0 Å². The predicted octanol–water partition coefficient (Wildman–Crippen LogP) is 5.53. The number of phenolic OH excluding ortho intramolecular Hbond substituents is 1. The number of nitrogens with zero attached hydrogens (tertiary/aromatic N) is 3. The number of rotatable bonds is 8. The summed E-state index contributed by atoms with van der Waals surface area (Å²) >= 11 is 0. The van der Waals surface area contributed by atoms with Gasteiger partial charge in [0.1, 0.15) is 17.5 Å². The zero-order valence-electron chi connectivity index (χ0n) is 20.9. The average Bonchev–Trinajstić information content (AvgIpc) is 2.92. The van der Waals surface area contributed by atoms with Gasteiger partial charge < -0.3 is 10.4 Å². The van der Waals surface area contributed by atoms with Crippen molar-refractivity contribution in [2.45, 2.75) is 70.4 Å². The van der Waals surface area contributed by atoms with E-state index in [1.807, 2.05) is 24.3 Å². The number of amides is 2. The summed E-state index contributed by atoms with van der Waals surface area (Å²) in [6.45, 7) is 4.30. The first kappa shape index (κ1) is 25.4. The van der Waals surface area contributed by atoms with Gasteiger partial charge in [-0.2, -0.15) is 0 Å². The summed E-state index contributed by atoms with van der Waals surface area (Å²) < 4.78 is 0. The Balaban J connectivity index is 1.79. The van der Waals surface area contributed by atoms with Gasteiger partial charge >= 0.3 is 0 Å². The van der Waals surface area contributed by atoms with E-state index in [-0.39, 0.29) is 23.4 Å². The predicted molar refractivity (Wildman–Crippen MR) is 140 cm³/mol. The zero-order chi connectivity index (χ0) is 25.5. The Bertz CT molecular complexity index is 1140. The van der Waals surface area contributed by atoms with Crippen LogP contribution in [0, 0.1) is 0 Å². The number of nitrogens with one attached hydrogen (secondary N) is 1. The molecular weight excluding hydrogens is 452 g/mol. The summed E-state index contributed by atoms with van der Waals surface area (Å²) in [6, 6.07) is 13.4. The fourth-order valence-electron chi connectivity index (χ4n) is 4.72. The van der Waals surface area contributed by atoms with Crippen LogP contribution in [0.4, 0.5) is 5.69 Å².